The van der Waals surface area contributed by atoms with Gasteiger partial charge in [0.2, 0.25) is 17.8 Å². The Balaban J connectivity index is 1.73. The first-order valence-corrected chi connectivity index (χ1v) is 9.45. The summed E-state index contributed by atoms with van der Waals surface area (Å²) < 4.78 is 5.29. The standard InChI is InChI=1S/C22H22N6O3/c1-14-8-6-7-11-17(14)25-22-27-19(26-21(23)28-22)13-31-20(30)18(24-15(2)29)12-16-9-4-3-5-10-16/h3-12H,13H2,1-2H3,(H,24,29)(H3,23,25,26,27,28)/b18-12+. The summed E-state index contributed by atoms with van der Waals surface area (Å²) in [6.07, 6.45) is 1.52. The number of ether oxygens (including phenoxy) is 1. The number of hydrogen-bond donors (Lipinski definition) is 3. The molecule has 0 bridgehead atoms. The van der Waals surface area contributed by atoms with Crippen LogP contribution in [0.4, 0.5) is 17.6 Å². The van der Waals surface area contributed by atoms with Crippen molar-refractivity contribution >= 4 is 35.5 Å². The van der Waals surface area contributed by atoms with E-state index in [2.05, 4.69) is 25.6 Å². The number of carbonyl (C=O) groups excluding carboxylic acids is 2. The van der Waals surface area contributed by atoms with Crippen LogP contribution in [0.2, 0.25) is 0 Å². The molecule has 9 heteroatoms. The lowest BCUT2D eigenvalue weighted by molar-refractivity contribution is -0.141. The zero-order valence-electron chi connectivity index (χ0n) is 17.1. The molecular weight excluding hydrogens is 396 g/mol. The van der Waals surface area contributed by atoms with Crippen molar-refractivity contribution in [3.8, 4) is 0 Å². The van der Waals surface area contributed by atoms with Crippen molar-refractivity contribution in [2.24, 2.45) is 0 Å². The Bertz CT molecular complexity index is 1120. The number of nitrogens with two attached hydrogens (primary N) is 1. The van der Waals surface area contributed by atoms with Gasteiger partial charge in [-0.2, -0.15) is 15.0 Å². The fourth-order valence-electron chi connectivity index (χ4n) is 2.65. The minimum Gasteiger partial charge on any atom is -0.453 e. The molecule has 1 aromatic heterocycles. The number of para-hydroxylation sites is 1. The van der Waals surface area contributed by atoms with E-state index in [0.717, 1.165) is 16.8 Å². The second-order valence-corrected chi connectivity index (χ2v) is 6.60. The number of aryl methyl sites for hydroxylation is 1. The summed E-state index contributed by atoms with van der Waals surface area (Å²) in [5.41, 5.74) is 8.32. The molecule has 9 nitrogen and oxygen atoms in total. The van der Waals surface area contributed by atoms with Crippen LogP contribution < -0.4 is 16.4 Å². The predicted molar refractivity (Wildman–Crippen MR) is 117 cm³/mol. The summed E-state index contributed by atoms with van der Waals surface area (Å²) >= 11 is 0. The molecule has 3 aromatic rings. The third kappa shape index (κ3) is 6.36. The number of amides is 1. The number of rotatable bonds is 7. The van der Waals surface area contributed by atoms with Crippen LogP contribution in [0.25, 0.3) is 6.08 Å². The van der Waals surface area contributed by atoms with Gasteiger partial charge in [0.1, 0.15) is 5.70 Å². The molecule has 31 heavy (non-hydrogen) atoms. The van der Waals surface area contributed by atoms with E-state index in [9.17, 15) is 9.59 Å². The third-order valence-electron chi connectivity index (χ3n) is 4.06. The molecule has 0 aliphatic carbocycles. The first-order chi connectivity index (χ1) is 14.9. The van der Waals surface area contributed by atoms with Crippen molar-refractivity contribution in [3.63, 3.8) is 0 Å². The molecule has 0 radical (unpaired) electrons. The molecule has 0 spiro atoms. The quantitative estimate of drug-likeness (QED) is 0.394. The molecule has 0 fully saturated rings. The van der Waals surface area contributed by atoms with Gasteiger partial charge in [-0.1, -0.05) is 48.5 Å². The van der Waals surface area contributed by atoms with Crippen LogP contribution in [0.1, 0.15) is 23.9 Å². The van der Waals surface area contributed by atoms with Crippen LogP contribution in [0.15, 0.2) is 60.3 Å². The molecule has 2 aromatic carbocycles. The van der Waals surface area contributed by atoms with E-state index >= 15 is 0 Å². The SMILES string of the molecule is CC(=O)N/C(=C/c1ccccc1)C(=O)OCc1nc(N)nc(Nc2ccccc2C)n1. The number of nitrogens with zero attached hydrogens (tertiary/aromatic N) is 3. The minimum atomic E-state index is -0.730. The molecule has 0 saturated heterocycles. The summed E-state index contributed by atoms with van der Waals surface area (Å²) in [6, 6.07) is 16.7. The smallest absolute Gasteiger partial charge is 0.355 e. The van der Waals surface area contributed by atoms with E-state index < -0.39 is 11.9 Å². The number of anilines is 3. The van der Waals surface area contributed by atoms with E-state index in [0.29, 0.717) is 0 Å². The highest BCUT2D eigenvalue weighted by Gasteiger charge is 2.15. The number of carbonyl (C=O) groups is 2. The molecule has 0 aliphatic heterocycles. The summed E-state index contributed by atoms with van der Waals surface area (Å²) in [6.45, 7) is 3.00. The largest absolute Gasteiger partial charge is 0.453 e. The topological polar surface area (TPSA) is 132 Å². The lowest BCUT2D eigenvalue weighted by Gasteiger charge is -2.11. The summed E-state index contributed by atoms with van der Waals surface area (Å²) in [5, 5.41) is 5.56. The molecule has 0 saturated carbocycles. The van der Waals surface area contributed by atoms with Gasteiger partial charge < -0.3 is 21.1 Å². The average Bonchev–Trinajstić information content (AvgIpc) is 2.73. The number of benzene rings is 2. The van der Waals surface area contributed by atoms with Crippen molar-refractivity contribution in [1.82, 2.24) is 20.3 Å². The van der Waals surface area contributed by atoms with Crippen molar-refractivity contribution in [1.29, 1.82) is 0 Å². The molecule has 3 rings (SSSR count). The van der Waals surface area contributed by atoms with Crippen molar-refractivity contribution in [3.05, 3.63) is 77.2 Å². The maximum Gasteiger partial charge on any atom is 0.355 e. The molecule has 1 heterocycles. The summed E-state index contributed by atoms with van der Waals surface area (Å²) in [5.74, 6) is -0.743. The van der Waals surface area contributed by atoms with Gasteiger partial charge in [-0.25, -0.2) is 4.79 Å². The second-order valence-electron chi connectivity index (χ2n) is 6.60. The van der Waals surface area contributed by atoms with Crippen LogP contribution in [0.5, 0.6) is 0 Å². The highest BCUT2D eigenvalue weighted by molar-refractivity contribution is 5.97. The third-order valence-corrected chi connectivity index (χ3v) is 4.06. The maximum absolute atomic E-state index is 12.5. The fraction of sp³-hybridized carbons (Fsp3) is 0.136. The van der Waals surface area contributed by atoms with E-state index in [-0.39, 0.29) is 30.0 Å². The van der Waals surface area contributed by atoms with E-state index in [1.165, 1.54) is 13.0 Å². The Morgan fingerprint density at radius 3 is 2.45 bits per heavy atom. The number of nitrogen functional groups attached to an aromatic ring is 1. The van der Waals surface area contributed by atoms with Gasteiger partial charge in [0, 0.05) is 12.6 Å². The van der Waals surface area contributed by atoms with Gasteiger partial charge in [-0.15, -0.1) is 0 Å². The Morgan fingerprint density at radius 1 is 1.03 bits per heavy atom. The lowest BCUT2D eigenvalue weighted by atomic mass is 10.2. The first-order valence-electron chi connectivity index (χ1n) is 9.45. The van der Waals surface area contributed by atoms with Crippen LogP contribution in [0, 0.1) is 6.92 Å². The number of esters is 1. The Labute approximate surface area is 179 Å². The molecule has 0 unspecified atom stereocenters. The Hall–Kier alpha value is -4.27. The van der Waals surface area contributed by atoms with E-state index in [4.69, 9.17) is 10.5 Å². The highest BCUT2D eigenvalue weighted by atomic mass is 16.5. The zero-order chi connectivity index (χ0) is 22.2. The minimum absolute atomic E-state index is 0.000938. The van der Waals surface area contributed by atoms with Gasteiger partial charge in [0.05, 0.1) is 0 Å². The van der Waals surface area contributed by atoms with Crippen LogP contribution in [-0.4, -0.2) is 26.8 Å². The Kier molecular flexibility index (Phi) is 6.89. The molecule has 158 valence electrons. The monoisotopic (exact) mass is 418 g/mol. The van der Waals surface area contributed by atoms with Gasteiger partial charge in [-0.05, 0) is 30.2 Å². The molecule has 0 aliphatic rings. The highest BCUT2D eigenvalue weighted by Crippen LogP contribution is 2.18. The van der Waals surface area contributed by atoms with Gasteiger partial charge in [-0.3, -0.25) is 4.79 Å². The lowest BCUT2D eigenvalue weighted by Crippen LogP contribution is -2.26. The number of hydrogen-bond acceptors (Lipinski definition) is 8. The van der Waals surface area contributed by atoms with Gasteiger partial charge in [0.25, 0.3) is 0 Å². The average molecular weight is 418 g/mol. The number of nitrogens with one attached hydrogen (secondary N) is 2. The zero-order valence-corrected chi connectivity index (χ0v) is 17.1. The first kappa shape index (κ1) is 21.4. The fourth-order valence-corrected chi connectivity index (χ4v) is 2.65. The summed E-state index contributed by atoms with van der Waals surface area (Å²) in [7, 11) is 0. The van der Waals surface area contributed by atoms with Crippen molar-refractivity contribution in [2.75, 3.05) is 11.1 Å². The van der Waals surface area contributed by atoms with Crippen LogP contribution in [0.3, 0.4) is 0 Å². The van der Waals surface area contributed by atoms with Crippen LogP contribution >= 0.6 is 0 Å². The van der Waals surface area contributed by atoms with E-state index in [1.54, 1.807) is 12.1 Å². The summed E-state index contributed by atoms with van der Waals surface area (Å²) in [4.78, 5) is 36.4. The van der Waals surface area contributed by atoms with Gasteiger partial charge in [0.15, 0.2) is 12.4 Å². The Morgan fingerprint density at radius 2 is 1.74 bits per heavy atom. The van der Waals surface area contributed by atoms with E-state index in [1.807, 2.05) is 49.4 Å². The molecule has 0 atom stereocenters. The molecule has 4 N–H and O–H groups in total. The van der Waals surface area contributed by atoms with Crippen molar-refractivity contribution < 1.29 is 14.3 Å². The molecule has 1 amide bonds. The van der Waals surface area contributed by atoms with Crippen LogP contribution in [-0.2, 0) is 20.9 Å². The number of aromatic nitrogens is 3. The second kappa shape index (κ2) is 9.97. The maximum atomic E-state index is 12.5. The van der Waals surface area contributed by atoms with Gasteiger partial charge >= 0.3 is 5.97 Å². The molecular formula is C22H22N6O3. The van der Waals surface area contributed by atoms with Crippen molar-refractivity contribution in [2.45, 2.75) is 20.5 Å². The normalized spacial score (nSPS) is 11.0. The predicted octanol–water partition coefficient (Wildman–Crippen LogP) is 2.73.